The van der Waals surface area contributed by atoms with E-state index in [4.69, 9.17) is 5.32 Å². The standard InChI is InChI=1S/C24H18NSi.C19H15N2.Au/c1-3-11-19(12-4-1)26(20-13-5-2-6-14-20)23-17-9-7-15-21(23)25-22-16-8-10-18-24(22)26;1-3-9-16(10-4-1)20-15-21(17-11-5-2-6-12-17)19-14-8-7-13-18(19)20;/h1-18H;1-15H;/q2*-1;. The molecule has 48 heavy (non-hydrogen) atoms. The summed E-state index contributed by atoms with van der Waals surface area (Å²) in [6.07, 6.45) is 0. The van der Waals surface area contributed by atoms with E-state index in [1.807, 2.05) is 12.1 Å². The molecule has 0 bridgehead atoms. The van der Waals surface area contributed by atoms with Gasteiger partial charge in [0.15, 0.2) is 8.07 Å². The number of benzene rings is 7. The Morgan fingerprint density at radius 1 is 0.375 bits per heavy atom. The van der Waals surface area contributed by atoms with Crippen LogP contribution in [0.2, 0.25) is 0 Å². The molecule has 0 aliphatic carbocycles. The molecule has 237 valence electrons. The van der Waals surface area contributed by atoms with Crippen molar-refractivity contribution in [3.05, 3.63) is 206 Å². The topological polar surface area (TPSA) is 20.6 Å². The third-order valence-electron chi connectivity index (χ3n) is 8.97. The zero-order valence-electron chi connectivity index (χ0n) is 26.2. The van der Waals surface area contributed by atoms with E-state index in [0.717, 1.165) is 11.4 Å². The van der Waals surface area contributed by atoms with Crippen LogP contribution in [0, 0.1) is 6.67 Å². The molecular formula is C43H33AuN3Si-2. The van der Waals surface area contributed by atoms with Crippen LogP contribution in [-0.2, 0) is 22.4 Å². The van der Waals surface area contributed by atoms with Crippen molar-refractivity contribution in [2.75, 3.05) is 9.80 Å². The number of para-hydroxylation sites is 6. The molecule has 0 fully saturated rings. The monoisotopic (exact) mass is 816 g/mol. The van der Waals surface area contributed by atoms with Gasteiger partial charge < -0.3 is 15.1 Å². The smallest absolute Gasteiger partial charge is 0.177 e. The first-order valence-corrected chi connectivity index (χ1v) is 18.0. The summed E-state index contributed by atoms with van der Waals surface area (Å²) in [5, 5.41) is 10.5. The van der Waals surface area contributed by atoms with E-state index in [-0.39, 0.29) is 22.4 Å². The van der Waals surface area contributed by atoms with Crippen LogP contribution in [0.5, 0.6) is 0 Å². The number of nitrogens with zero attached hydrogens (tertiary/aromatic N) is 3. The quantitative estimate of drug-likeness (QED) is 0.131. The molecule has 2 aliphatic rings. The van der Waals surface area contributed by atoms with E-state index >= 15 is 0 Å². The van der Waals surface area contributed by atoms with Crippen molar-refractivity contribution >= 4 is 62.9 Å². The van der Waals surface area contributed by atoms with Crippen LogP contribution < -0.4 is 30.5 Å². The Morgan fingerprint density at radius 2 is 0.708 bits per heavy atom. The number of rotatable bonds is 4. The Morgan fingerprint density at radius 3 is 1.12 bits per heavy atom. The van der Waals surface area contributed by atoms with E-state index in [1.165, 1.54) is 43.5 Å². The summed E-state index contributed by atoms with van der Waals surface area (Å²) < 4.78 is 0. The molecule has 7 aromatic rings. The maximum atomic E-state index is 4.99. The second-order valence-corrected chi connectivity index (χ2v) is 15.4. The Bertz CT molecular complexity index is 1960. The largest absolute Gasteiger partial charge is 0.658 e. The first-order chi connectivity index (χ1) is 23.3. The zero-order chi connectivity index (χ0) is 31.5. The van der Waals surface area contributed by atoms with Crippen molar-refractivity contribution in [2.24, 2.45) is 0 Å². The molecule has 5 heteroatoms. The van der Waals surface area contributed by atoms with Gasteiger partial charge in [0.05, 0.1) is 0 Å². The van der Waals surface area contributed by atoms with E-state index < -0.39 is 8.07 Å². The van der Waals surface area contributed by atoms with Crippen LogP contribution in [0.4, 0.5) is 34.1 Å². The molecule has 0 aromatic heterocycles. The molecule has 0 saturated carbocycles. The fraction of sp³-hybridized carbons (Fsp3) is 0. The van der Waals surface area contributed by atoms with Gasteiger partial charge in [-0.15, -0.1) is 18.0 Å². The second-order valence-electron chi connectivity index (χ2n) is 11.6. The summed E-state index contributed by atoms with van der Waals surface area (Å²) in [5.74, 6) is 0. The van der Waals surface area contributed by atoms with E-state index in [2.05, 4.69) is 198 Å². The summed E-state index contributed by atoms with van der Waals surface area (Å²) in [5.41, 5.74) is 6.95. The fourth-order valence-corrected chi connectivity index (χ4v) is 11.9. The Kier molecular flexibility index (Phi) is 9.15. The zero-order valence-corrected chi connectivity index (χ0v) is 29.4. The SMILES string of the molecule is [Au].c1ccc(N2[CH-]N(c3ccccc3)c3ccccc32)cc1.c1ccc([Si]2(c3ccccc3)c3ccccc3[N-]c3ccccc32)cc1. The molecule has 0 atom stereocenters. The van der Waals surface area contributed by atoms with Gasteiger partial charge in [-0.2, -0.15) is 0 Å². The number of hydrogen-bond donors (Lipinski definition) is 0. The Labute approximate surface area is 299 Å². The molecular weight excluding hydrogens is 784 g/mol. The minimum Gasteiger partial charge on any atom is -0.658 e. The summed E-state index contributed by atoms with van der Waals surface area (Å²) in [6, 6.07) is 68.6. The van der Waals surface area contributed by atoms with E-state index in [0.29, 0.717) is 0 Å². The minimum absolute atomic E-state index is 0. The average Bonchev–Trinajstić information content (AvgIpc) is 3.55. The third kappa shape index (κ3) is 5.59. The number of fused-ring (bicyclic) bond motifs is 3. The summed E-state index contributed by atoms with van der Waals surface area (Å²) in [6.45, 7) is 2.15. The summed E-state index contributed by atoms with van der Waals surface area (Å²) in [7, 11) is -2.37. The molecule has 2 aliphatic heterocycles. The van der Waals surface area contributed by atoms with E-state index in [9.17, 15) is 0 Å². The predicted molar refractivity (Wildman–Crippen MR) is 201 cm³/mol. The summed E-state index contributed by atoms with van der Waals surface area (Å²) in [4.78, 5) is 4.45. The molecule has 2 heterocycles. The Hall–Kier alpha value is -5.10. The van der Waals surface area contributed by atoms with Crippen LogP contribution in [-0.4, -0.2) is 8.07 Å². The first-order valence-electron chi connectivity index (χ1n) is 16.0. The molecule has 9 rings (SSSR count). The number of hydrogen-bond acceptors (Lipinski definition) is 2. The molecule has 0 unspecified atom stereocenters. The van der Waals surface area contributed by atoms with Crippen molar-refractivity contribution < 1.29 is 22.4 Å². The van der Waals surface area contributed by atoms with Crippen molar-refractivity contribution in [1.82, 2.24) is 0 Å². The molecule has 0 spiro atoms. The third-order valence-corrected chi connectivity index (χ3v) is 13.8. The van der Waals surface area contributed by atoms with Gasteiger partial charge in [-0.05, 0) is 46.8 Å². The van der Waals surface area contributed by atoms with Crippen LogP contribution in [0.25, 0.3) is 5.32 Å². The molecule has 0 saturated heterocycles. The number of anilines is 4. The van der Waals surface area contributed by atoms with Gasteiger partial charge in [-0.25, -0.2) is 0 Å². The van der Waals surface area contributed by atoms with Crippen molar-refractivity contribution in [3.8, 4) is 0 Å². The van der Waals surface area contributed by atoms with Gasteiger partial charge >= 0.3 is 0 Å². The summed E-state index contributed by atoms with van der Waals surface area (Å²) >= 11 is 0. The minimum atomic E-state index is -2.37. The molecule has 3 nitrogen and oxygen atoms in total. The van der Waals surface area contributed by atoms with Gasteiger partial charge in [-0.1, -0.05) is 168 Å². The van der Waals surface area contributed by atoms with Crippen LogP contribution in [0.1, 0.15) is 0 Å². The molecule has 0 amide bonds. The first kappa shape index (κ1) is 31.5. The van der Waals surface area contributed by atoms with Crippen LogP contribution >= 0.6 is 0 Å². The van der Waals surface area contributed by atoms with Gasteiger partial charge in [0.25, 0.3) is 0 Å². The molecule has 7 aromatic carbocycles. The van der Waals surface area contributed by atoms with Gasteiger partial charge in [0, 0.05) is 45.1 Å². The second kappa shape index (κ2) is 13.9. The maximum absolute atomic E-state index is 4.99. The molecule has 0 N–H and O–H groups in total. The normalized spacial score (nSPS) is 13.4. The Balaban J connectivity index is 0.000000152. The maximum Gasteiger partial charge on any atom is 0.177 e. The van der Waals surface area contributed by atoms with Gasteiger partial charge in [0.2, 0.25) is 0 Å². The van der Waals surface area contributed by atoms with Gasteiger partial charge in [0.1, 0.15) is 0 Å². The van der Waals surface area contributed by atoms with Crippen molar-refractivity contribution in [2.45, 2.75) is 0 Å². The van der Waals surface area contributed by atoms with Gasteiger partial charge in [-0.3, -0.25) is 0 Å². The van der Waals surface area contributed by atoms with E-state index in [1.54, 1.807) is 0 Å². The van der Waals surface area contributed by atoms with Crippen molar-refractivity contribution in [1.29, 1.82) is 0 Å². The fourth-order valence-electron chi connectivity index (χ4n) is 6.92. The van der Waals surface area contributed by atoms with Crippen LogP contribution in [0.3, 0.4) is 0 Å². The van der Waals surface area contributed by atoms with Crippen molar-refractivity contribution in [3.63, 3.8) is 0 Å². The average molecular weight is 817 g/mol. The molecule has 1 radical (unpaired) electrons. The predicted octanol–water partition coefficient (Wildman–Crippen LogP) is 8.81. The van der Waals surface area contributed by atoms with Crippen LogP contribution in [0.15, 0.2) is 194 Å².